The van der Waals surface area contributed by atoms with Gasteiger partial charge in [0.05, 0.1) is 13.2 Å². The number of rotatable bonds is 4. The first-order valence-electron chi connectivity index (χ1n) is 3.84. The van der Waals surface area contributed by atoms with Crippen LogP contribution in [-0.4, -0.2) is 33.1 Å². The van der Waals surface area contributed by atoms with E-state index in [0.717, 1.165) is 0 Å². The first kappa shape index (κ1) is 10.6. The number of aliphatic hydroxyl groups excluding tert-OH is 4. The molecule has 74 valence electrons. The van der Waals surface area contributed by atoms with Crippen LogP contribution in [0, 0.1) is 0 Å². The molecule has 1 heterocycles. The van der Waals surface area contributed by atoms with Gasteiger partial charge in [-0.1, -0.05) is 0 Å². The van der Waals surface area contributed by atoms with Crippen molar-refractivity contribution in [2.24, 2.45) is 0 Å². The van der Waals surface area contributed by atoms with Crippen LogP contribution in [0.15, 0.2) is 11.4 Å². The van der Waals surface area contributed by atoms with Crippen molar-refractivity contribution in [2.75, 3.05) is 6.61 Å². The van der Waals surface area contributed by atoms with E-state index in [1.54, 1.807) is 11.4 Å². The smallest absolute Gasteiger partial charge is 0.108 e. The second kappa shape index (κ2) is 4.69. The van der Waals surface area contributed by atoms with Gasteiger partial charge >= 0.3 is 0 Å². The molecule has 13 heavy (non-hydrogen) atoms. The van der Waals surface area contributed by atoms with Crippen molar-refractivity contribution < 1.29 is 20.4 Å². The fourth-order valence-electron chi connectivity index (χ4n) is 1.05. The van der Waals surface area contributed by atoms with Crippen molar-refractivity contribution in [2.45, 2.75) is 18.8 Å². The monoisotopic (exact) mass is 204 g/mol. The largest absolute Gasteiger partial charge is 0.394 e. The third-order valence-corrected chi connectivity index (χ3v) is 2.72. The maximum atomic E-state index is 9.48. The van der Waals surface area contributed by atoms with Crippen LogP contribution < -0.4 is 0 Å². The molecule has 0 amide bonds. The van der Waals surface area contributed by atoms with Crippen LogP contribution in [0.25, 0.3) is 0 Å². The van der Waals surface area contributed by atoms with Crippen molar-refractivity contribution in [3.63, 3.8) is 0 Å². The average molecular weight is 204 g/mol. The van der Waals surface area contributed by atoms with E-state index in [1.807, 2.05) is 0 Å². The van der Waals surface area contributed by atoms with Gasteiger partial charge < -0.3 is 20.4 Å². The highest BCUT2D eigenvalue weighted by atomic mass is 32.1. The average Bonchev–Trinajstić information content (AvgIpc) is 2.62. The third kappa shape index (κ3) is 2.26. The third-order valence-electron chi connectivity index (χ3n) is 1.79. The van der Waals surface area contributed by atoms with E-state index >= 15 is 0 Å². The molecule has 0 bridgehead atoms. The topological polar surface area (TPSA) is 80.9 Å². The van der Waals surface area contributed by atoms with E-state index in [1.165, 1.54) is 11.3 Å². The minimum atomic E-state index is -1.19. The summed E-state index contributed by atoms with van der Waals surface area (Å²) in [6, 6.07) is 1.62. The summed E-state index contributed by atoms with van der Waals surface area (Å²) in [6.07, 6.45) is -2.32. The van der Waals surface area contributed by atoms with Crippen LogP contribution >= 0.6 is 11.3 Å². The van der Waals surface area contributed by atoms with Crippen LogP contribution in [0.3, 0.4) is 0 Å². The van der Waals surface area contributed by atoms with E-state index in [-0.39, 0.29) is 6.61 Å². The SMILES string of the molecule is OCc1sccc1C(O)C(O)CO. The van der Waals surface area contributed by atoms with Gasteiger partial charge in [0, 0.05) is 4.88 Å². The van der Waals surface area contributed by atoms with Gasteiger partial charge in [0.1, 0.15) is 12.2 Å². The molecule has 4 nitrogen and oxygen atoms in total. The summed E-state index contributed by atoms with van der Waals surface area (Å²) in [5, 5.41) is 37.8. The Labute approximate surface area is 79.7 Å². The molecule has 5 heteroatoms. The molecule has 1 rings (SSSR count). The van der Waals surface area contributed by atoms with E-state index in [4.69, 9.17) is 15.3 Å². The van der Waals surface area contributed by atoms with Crippen molar-refractivity contribution in [1.82, 2.24) is 0 Å². The lowest BCUT2D eigenvalue weighted by molar-refractivity contribution is -0.0157. The van der Waals surface area contributed by atoms with E-state index < -0.39 is 18.8 Å². The Morgan fingerprint density at radius 1 is 1.31 bits per heavy atom. The summed E-state index contributed by atoms with van der Waals surface area (Å²) >= 11 is 1.30. The molecule has 0 aliphatic rings. The lowest BCUT2D eigenvalue weighted by Crippen LogP contribution is -2.22. The molecule has 0 radical (unpaired) electrons. The zero-order valence-electron chi connectivity index (χ0n) is 6.92. The number of hydrogen-bond acceptors (Lipinski definition) is 5. The van der Waals surface area contributed by atoms with Crippen molar-refractivity contribution in [3.8, 4) is 0 Å². The number of aliphatic hydroxyl groups is 4. The van der Waals surface area contributed by atoms with Gasteiger partial charge in [-0.2, -0.15) is 0 Å². The van der Waals surface area contributed by atoms with Crippen LogP contribution in [-0.2, 0) is 6.61 Å². The van der Waals surface area contributed by atoms with Crippen molar-refractivity contribution in [3.05, 3.63) is 21.9 Å². The maximum Gasteiger partial charge on any atom is 0.108 e. The highest BCUT2D eigenvalue weighted by Crippen LogP contribution is 2.25. The van der Waals surface area contributed by atoms with Gasteiger partial charge in [-0.15, -0.1) is 11.3 Å². The lowest BCUT2D eigenvalue weighted by atomic mass is 10.1. The maximum absolute atomic E-state index is 9.48. The number of hydrogen-bond donors (Lipinski definition) is 4. The Kier molecular flexibility index (Phi) is 3.83. The van der Waals surface area contributed by atoms with Gasteiger partial charge in [0.25, 0.3) is 0 Å². The first-order valence-corrected chi connectivity index (χ1v) is 4.72. The Hall–Kier alpha value is -0.460. The molecule has 0 saturated carbocycles. The fraction of sp³-hybridized carbons (Fsp3) is 0.500. The molecule has 2 unspecified atom stereocenters. The summed E-state index contributed by atoms with van der Waals surface area (Å²) < 4.78 is 0. The lowest BCUT2D eigenvalue weighted by Gasteiger charge is -2.15. The molecule has 2 atom stereocenters. The van der Waals surface area contributed by atoms with Gasteiger partial charge in [-0.3, -0.25) is 0 Å². The molecule has 0 aliphatic heterocycles. The zero-order chi connectivity index (χ0) is 9.84. The molecule has 0 aromatic carbocycles. The highest BCUT2D eigenvalue weighted by molar-refractivity contribution is 7.10. The minimum absolute atomic E-state index is 0.164. The normalized spacial score (nSPS) is 15.7. The quantitative estimate of drug-likeness (QED) is 0.539. The Morgan fingerprint density at radius 2 is 2.00 bits per heavy atom. The molecule has 4 N–H and O–H groups in total. The Bertz CT molecular complexity index is 260. The number of thiophene rings is 1. The Morgan fingerprint density at radius 3 is 2.54 bits per heavy atom. The fourth-order valence-corrected chi connectivity index (χ4v) is 1.83. The predicted molar refractivity (Wildman–Crippen MR) is 48.3 cm³/mol. The molecule has 0 spiro atoms. The predicted octanol–water partition coefficient (Wildman–Crippen LogP) is -0.373. The van der Waals surface area contributed by atoms with E-state index in [2.05, 4.69) is 0 Å². The highest BCUT2D eigenvalue weighted by Gasteiger charge is 2.20. The van der Waals surface area contributed by atoms with E-state index in [0.29, 0.717) is 10.4 Å². The molecular weight excluding hydrogens is 192 g/mol. The molecule has 0 saturated heterocycles. The second-order valence-electron chi connectivity index (χ2n) is 2.65. The van der Waals surface area contributed by atoms with Crippen molar-refractivity contribution in [1.29, 1.82) is 0 Å². The summed E-state index contributed by atoms with van der Waals surface area (Å²) in [7, 11) is 0. The van der Waals surface area contributed by atoms with Gasteiger partial charge in [-0.05, 0) is 17.0 Å². The molecule has 0 fully saturated rings. The van der Waals surface area contributed by atoms with Crippen LogP contribution in [0.1, 0.15) is 16.5 Å². The van der Waals surface area contributed by atoms with Gasteiger partial charge in [-0.25, -0.2) is 0 Å². The van der Waals surface area contributed by atoms with Crippen LogP contribution in [0.5, 0.6) is 0 Å². The molecule has 1 aromatic rings. The second-order valence-corrected chi connectivity index (χ2v) is 3.65. The Balaban J connectivity index is 2.81. The van der Waals surface area contributed by atoms with E-state index in [9.17, 15) is 5.11 Å². The zero-order valence-corrected chi connectivity index (χ0v) is 7.74. The summed E-state index contributed by atoms with van der Waals surface area (Å²) in [4.78, 5) is 0.611. The first-order chi connectivity index (χ1) is 6.20. The summed E-state index contributed by atoms with van der Waals surface area (Å²) in [6.45, 7) is -0.663. The minimum Gasteiger partial charge on any atom is -0.394 e. The molecule has 1 aromatic heterocycles. The molecular formula is C8H12O4S. The van der Waals surface area contributed by atoms with Crippen molar-refractivity contribution >= 4 is 11.3 Å². The van der Waals surface area contributed by atoms with Gasteiger partial charge in [0.2, 0.25) is 0 Å². The summed E-state index contributed by atoms with van der Waals surface area (Å²) in [5.41, 5.74) is 0.481. The van der Waals surface area contributed by atoms with Crippen LogP contribution in [0.4, 0.5) is 0 Å². The standard InChI is InChI=1S/C8H12O4S/c9-3-6(11)8(12)5-1-2-13-7(5)4-10/h1-2,6,8-12H,3-4H2. The molecule has 0 aliphatic carbocycles. The van der Waals surface area contributed by atoms with Crippen LogP contribution in [0.2, 0.25) is 0 Å². The summed E-state index contributed by atoms with van der Waals surface area (Å²) in [5.74, 6) is 0. The van der Waals surface area contributed by atoms with Gasteiger partial charge in [0.15, 0.2) is 0 Å².